The molecule has 2 unspecified atom stereocenters. The summed E-state index contributed by atoms with van der Waals surface area (Å²) >= 11 is 0. The average Bonchev–Trinajstić information content (AvgIpc) is 2.42. The quantitative estimate of drug-likeness (QED) is 0.810. The number of hydrogen-bond acceptors (Lipinski definition) is 4. The summed E-state index contributed by atoms with van der Waals surface area (Å²) < 4.78 is 34.3. The molecule has 0 saturated carbocycles. The van der Waals surface area contributed by atoms with Crippen LogP contribution in [-0.4, -0.2) is 69.0 Å². The third-order valence-corrected chi connectivity index (χ3v) is 6.36. The van der Waals surface area contributed by atoms with Crippen molar-refractivity contribution in [1.29, 1.82) is 0 Å². The molecular formula is C13H27N3O3S. The van der Waals surface area contributed by atoms with E-state index in [1.54, 1.807) is 8.61 Å². The van der Waals surface area contributed by atoms with E-state index in [-0.39, 0.29) is 12.1 Å². The molecule has 2 saturated heterocycles. The maximum atomic E-state index is 12.7. The first-order valence-corrected chi connectivity index (χ1v) is 8.88. The number of morpholine rings is 1. The fourth-order valence-electron chi connectivity index (χ4n) is 2.98. The van der Waals surface area contributed by atoms with E-state index in [0.29, 0.717) is 32.2 Å². The Morgan fingerprint density at radius 2 is 1.90 bits per heavy atom. The highest BCUT2D eigenvalue weighted by Crippen LogP contribution is 2.24. The molecule has 0 bridgehead atoms. The van der Waals surface area contributed by atoms with E-state index in [2.05, 4.69) is 5.32 Å². The Bertz CT molecular complexity index is 407. The van der Waals surface area contributed by atoms with Crippen LogP contribution >= 0.6 is 0 Å². The number of nitrogens with one attached hydrogen (secondary N) is 1. The highest BCUT2D eigenvalue weighted by atomic mass is 32.2. The van der Waals surface area contributed by atoms with E-state index in [9.17, 15) is 8.42 Å². The van der Waals surface area contributed by atoms with Gasteiger partial charge in [0.05, 0.1) is 12.7 Å². The van der Waals surface area contributed by atoms with Gasteiger partial charge in [0.25, 0.3) is 10.2 Å². The topological polar surface area (TPSA) is 61.9 Å². The van der Waals surface area contributed by atoms with E-state index >= 15 is 0 Å². The Morgan fingerprint density at radius 1 is 1.25 bits per heavy atom. The first kappa shape index (κ1) is 16.2. The van der Waals surface area contributed by atoms with Gasteiger partial charge in [0.2, 0.25) is 0 Å². The molecule has 2 rings (SSSR count). The van der Waals surface area contributed by atoms with Crippen LogP contribution in [0.2, 0.25) is 0 Å². The fraction of sp³-hybridized carbons (Fsp3) is 1.00. The minimum atomic E-state index is -3.34. The van der Waals surface area contributed by atoms with E-state index in [1.165, 1.54) is 0 Å². The Kier molecular flexibility index (Phi) is 5.42. The Balaban J connectivity index is 2.00. The lowest BCUT2D eigenvalue weighted by molar-refractivity contribution is -0.0194. The molecule has 0 aromatic rings. The maximum Gasteiger partial charge on any atom is 0.282 e. The van der Waals surface area contributed by atoms with Gasteiger partial charge in [-0.05, 0) is 46.2 Å². The molecule has 2 aliphatic rings. The van der Waals surface area contributed by atoms with Crippen LogP contribution in [0.5, 0.6) is 0 Å². The highest BCUT2D eigenvalue weighted by Gasteiger charge is 2.38. The molecule has 2 heterocycles. The minimum absolute atomic E-state index is 0.0252. The van der Waals surface area contributed by atoms with Crippen molar-refractivity contribution in [1.82, 2.24) is 13.9 Å². The summed E-state index contributed by atoms with van der Waals surface area (Å²) in [6.45, 7) is 7.01. The molecule has 20 heavy (non-hydrogen) atoms. The largest absolute Gasteiger partial charge is 0.375 e. The van der Waals surface area contributed by atoms with Gasteiger partial charge in [-0.1, -0.05) is 0 Å². The number of ether oxygens (including phenoxy) is 1. The molecule has 0 aromatic heterocycles. The molecule has 2 fully saturated rings. The zero-order valence-corrected chi connectivity index (χ0v) is 13.5. The van der Waals surface area contributed by atoms with Crippen LogP contribution in [0.1, 0.15) is 26.7 Å². The summed E-state index contributed by atoms with van der Waals surface area (Å²) in [5, 5.41) is 3.17. The summed E-state index contributed by atoms with van der Waals surface area (Å²) in [4.78, 5) is 0. The van der Waals surface area contributed by atoms with E-state index in [1.807, 2.05) is 20.9 Å². The molecule has 2 atom stereocenters. The lowest BCUT2D eigenvalue weighted by Crippen LogP contribution is -2.56. The Morgan fingerprint density at radius 3 is 2.50 bits per heavy atom. The lowest BCUT2D eigenvalue weighted by Gasteiger charge is -2.40. The first-order valence-electron chi connectivity index (χ1n) is 7.48. The zero-order chi connectivity index (χ0) is 14.8. The van der Waals surface area contributed by atoms with Gasteiger partial charge in [-0.25, -0.2) is 0 Å². The van der Waals surface area contributed by atoms with Gasteiger partial charge in [0.1, 0.15) is 0 Å². The smallest absolute Gasteiger partial charge is 0.282 e. The second-order valence-electron chi connectivity index (χ2n) is 5.97. The summed E-state index contributed by atoms with van der Waals surface area (Å²) in [6, 6.07) is -0.0776. The molecule has 0 radical (unpaired) electrons. The molecule has 0 spiro atoms. The molecule has 6 nitrogen and oxygen atoms in total. The second kappa shape index (κ2) is 6.70. The minimum Gasteiger partial charge on any atom is -0.375 e. The van der Waals surface area contributed by atoms with Gasteiger partial charge in [0.15, 0.2) is 0 Å². The summed E-state index contributed by atoms with van der Waals surface area (Å²) in [6.07, 6.45) is 1.85. The van der Waals surface area contributed by atoms with Gasteiger partial charge in [0, 0.05) is 25.7 Å². The van der Waals surface area contributed by atoms with Crippen LogP contribution < -0.4 is 5.32 Å². The van der Waals surface area contributed by atoms with Crippen LogP contribution in [0, 0.1) is 5.92 Å². The fourth-order valence-corrected chi connectivity index (χ4v) is 4.86. The van der Waals surface area contributed by atoms with E-state index in [0.717, 1.165) is 19.4 Å². The third kappa shape index (κ3) is 3.51. The third-order valence-electron chi connectivity index (χ3n) is 4.24. The number of hydrogen-bond donors (Lipinski definition) is 1. The molecular weight excluding hydrogens is 278 g/mol. The molecule has 0 aliphatic carbocycles. The monoisotopic (exact) mass is 305 g/mol. The molecule has 0 amide bonds. The van der Waals surface area contributed by atoms with Gasteiger partial charge in [-0.15, -0.1) is 0 Å². The van der Waals surface area contributed by atoms with E-state index < -0.39 is 10.2 Å². The number of rotatable bonds is 4. The van der Waals surface area contributed by atoms with E-state index in [4.69, 9.17) is 4.74 Å². The van der Waals surface area contributed by atoms with Crippen molar-refractivity contribution in [3.05, 3.63) is 0 Å². The normalized spacial score (nSPS) is 31.6. The SMILES string of the molecule is CNCC1CCN(S(=O)(=O)N2CC(C)OCC2C)CC1. The molecule has 0 aromatic carbocycles. The second-order valence-corrected chi connectivity index (χ2v) is 7.85. The predicted molar refractivity (Wildman–Crippen MR) is 78.7 cm³/mol. The van der Waals surface area contributed by atoms with Crippen LogP contribution in [0.15, 0.2) is 0 Å². The Hall–Kier alpha value is -0.210. The predicted octanol–water partition coefficient (Wildman–Crippen LogP) is 0.272. The zero-order valence-electron chi connectivity index (χ0n) is 12.7. The van der Waals surface area contributed by atoms with Crippen molar-refractivity contribution in [3.8, 4) is 0 Å². The molecule has 1 N–H and O–H groups in total. The van der Waals surface area contributed by atoms with Crippen molar-refractivity contribution in [3.63, 3.8) is 0 Å². The van der Waals surface area contributed by atoms with Crippen LogP contribution in [0.4, 0.5) is 0 Å². The van der Waals surface area contributed by atoms with Crippen molar-refractivity contribution in [2.45, 2.75) is 38.8 Å². The van der Waals surface area contributed by atoms with Gasteiger partial charge in [-0.2, -0.15) is 17.0 Å². The maximum absolute atomic E-state index is 12.7. The average molecular weight is 305 g/mol. The Labute approximate surface area is 122 Å². The summed E-state index contributed by atoms with van der Waals surface area (Å²) in [5.41, 5.74) is 0. The van der Waals surface area contributed by atoms with Crippen LogP contribution in [0.3, 0.4) is 0 Å². The molecule has 118 valence electrons. The van der Waals surface area contributed by atoms with Crippen LogP contribution in [-0.2, 0) is 14.9 Å². The van der Waals surface area contributed by atoms with Crippen molar-refractivity contribution in [2.24, 2.45) is 5.92 Å². The van der Waals surface area contributed by atoms with Crippen molar-refractivity contribution in [2.75, 3.05) is 39.8 Å². The lowest BCUT2D eigenvalue weighted by atomic mass is 9.98. The molecule has 2 aliphatic heterocycles. The van der Waals surface area contributed by atoms with Gasteiger partial charge >= 0.3 is 0 Å². The first-order chi connectivity index (χ1) is 9.45. The number of nitrogens with zero attached hydrogens (tertiary/aromatic N) is 2. The van der Waals surface area contributed by atoms with Crippen molar-refractivity contribution >= 4 is 10.2 Å². The molecule has 7 heteroatoms. The van der Waals surface area contributed by atoms with Crippen LogP contribution in [0.25, 0.3) is 0 Å². The number of piperidine rings is 1. The highest BCUT2D eigenvalue weighted by molar-refractivity contribution is 7.86. The summed E-state index contributed by atoms with van der Waals surface area (Å²) in [5.74, 6) is 0.590. The van der Waals surface area contributed by atoms with Crippen molar-refractivity contribution < 1.29 is 13.2 Å². The summed E-state index contributed by atoms with van der Waals surface area (Å²) in [7, 11) is -1.39. The van der Waals surface area contributed by atoms with Gasteiger partial charge < -0.3 is 10.1 Å². The standard InChI is InChI=1S/C13H27N3O3S/c1-11-10-19-12(2)9-16(11)20(17,18)15-6-4-13(5-7-15)8-14-3/h11-14H,4-10H2,1-3H3. The van der Waals surface area contributed by atoms with Gasteiger partial charge in [-0.3, -0.25) is 0 Å².